The highest BCUT2D eigenvalue weighted by Gasteiger charge is 2.58. The number of aliphatic hydroxyl groups excluding tert-OH is 1. The summed E-state index contributed by atoms with van der Waals surface area (Å²) in [4.78, 5) is 60.7. The van der Waals surface area contributed by atoms with Gasteiger partial charge in [0, 0.05) is 23.8 Å². The lowest BCUT2D eigenvalue weighted by Gasteiger charge is -2.44. The van der Waals surface area contributed by atoms with Crippen LogP contribution in [0.25, 0.3) is 0 Å². The smallest absolute Gasteiger partial charge is 0.435 e. The number of hydrogen-bond acceptors (Lipinski definition) is 11. The van der Waals surface area contributed by atoms with Crippen molar-refractivity contribution in [2.45, 2.75) is 96.7 Å². The highest BCUT2D eigenvalue weighted by molar-refractivity contribution is 6.00. The Balaban J connectivity index is 2.02. The summed E-state index contributed by atoms with van der Waals surface area (Å²) in [5.41, 5.74) is -1.57. The van der Waals surface area contributed by atoms with Crippen molar-refractivity contribution < 1.29 is 48.1 Å². The van der Waals surface area contributed by atoms with Crippen LogP contribution in [0.3, 0.4) is 0 Å². The van der Waals surface area contributed by atoms with Crippen molar-refractivity contribution in [2.24, 2.45) is 29.6 Å². The second kappa shape index (κ2) is 13.5. The molecule has 3 fully saturated rings. The van der Waals surface area contributed by atoms with Crippen LogP contribution in [-0.4, -0.2) is 109 Å². The number of ketones is 2. The minimum atomic E-state index is -1.57. The molecule has 42 heavy (non-hydrogen) atoms. The number of aliphatic hydroxyl groups is 1. The van der Waals surface area contributed by atoms with E-state index in [0.717, 1.165) is 5.06 Å². The monoisotopic (exact) mass is 596 g/mol. The fourth-order valence-corrected chi connectivity index (χ4v) is 6.75. The van der Waals surface area contributed by atoms with Crippen molar-refractivity contribution in [3.05, 3.63) is 12.7 Å². The van der Waals surface area contributed by atoms with Crippen LogP contribution in [0.15, 0.2) is 12.7 Å². The molecule has 3 aliphatic rings. The third kappa shape index (κ3) is 6.57. The third-order valence-corrected chi connectivity index (χ3v) is 9.19. The molecule has 0 aromatic carbocycles. The van der Waals surface area contributed by atoms with E-state index in [9.17, 15) is 24.3 Å². The van der Waals surface area contributed by atoms with E-state index < -0.39 is 78.3 Å². The van der Waals surface area contributed by atoms with Crippen molar-refractivity contribution in [1.29, 1.82) is 0 Å². The van der Waals surface area contributed by atoms with E-state index in [1.54, 1.807) is 20.8 Å². The van der Waals surface area contributed by atoms with Crippen molar-refractivity contribution >= 4 is 23.6 Å². The number of hydrogen-bond donors (Lipinski definition) is 1. The van der Waals surface area contributed by atoms with E-state index in [2.05, 4.69) is 6.58 Å². The molecule has 0 radical (unpaired) electrons. The summed E-state index contributed by atoms with van der Waals surface area (Å²) in [5, 5.41) is 11.8. The highest BCUT2D eigenvalue weighted by atomic mass is 16.7. The summed E-state index contributed by atoms with van der Waals surface area (Å²) >= 11 is 0. The van der Waals surface area contributed by atoms with Gasteiger partial charge in [-0.15, -0.1) is 0 Å². The lowest BCUT2D eigenvalue weighted by atomic mass is 9.76. The van der Waals surface area contributed by atoms with Crippen LogP contribution in [0.5, 0.6) is 0 Å². The first kappa shape index (κ1) is 34.1. The van der Waals surface area contributed by atoms with Gasteiger partial charge in [-0.05, 0) is 52.8 Å². The molecule has 0 saturated carbocycles. The van der Waals surface area contributed by atoms with Crippen LogP contribution in [-0.2, 0) is 38.2 Å². The predicted octanol–water partition coefficient (Wildman–Crippen LogP) is 2.37. The van der Waals surface area contributed by atoms with Gasteiger partial charge in [0.25, 0.3) is 0 Å². The zero-order chi connectivity index (χ0) is 31.7. The molecule has 1 amide bonds. The fraction of sp³-hybridized carbons (Fsp3) is 0.800. The summed E-state index contributed by atoms with van der Waals surface area (Å²) in [6.45, 7) is 13.7. The number of esters is 1. The number of nitrogens with zero attached hydrogens (tertiary/aromatic N) is 2. The van der Waals surface area contributed by atoms with Crippen LogP contribution >= 0.6 is 0 Å². The zero-order valence-electron chi connectivity index (χ0n) is 26.3. The molecule has 3 saturated heterocycles. The molecule has 0 aromatic heterocycles. The number of Topliss-reactive ketones (excluding diaryl/α,β-unsaturated/α-hetero) is 2. The van der Waals surface area contributed by atoms with Crippen molar-refractivity contribution in [3.8, 4) is 0 Å². The maximum absolute atomic E-state index is 13.9. The number of carbonyl (C=O) groups is 4. The predicted molar refractivity (Wildman–Crippen MR) is 151 cm³/mol. The molecular formula is C30H48N2O10. The zero-order valence-corrected chi connectivity index (χ0v) is 26.3. The number of fused-ring (bicyclic) bond motifs is 1. The van der Waals surface area contributed by atoms with E-state index in [-0.39, 0.29) is 23.8 Å². The molecule has 0 aromatic rings. The van der Waals surface area contributed by atoms with Crippen LogP contribution in [0.1, 0.15) is 54.4 Å². The molecule has 3 rings (SSSR count). The average molecular weight is 597 g/mol. The third-order valence-electron chi connectivity index (χ3n) is 9.19. The Morgan fingerprint density at radius 3 is 2.21 bits per heavy atom. The quantitative estimate of drug-likeness (QED) is 0.284. The molecule has 12 atom stereocenters. The van der Waals surface area contributed by atoms with Gasteiger partial charge in [-0.1, -0.05) is 34.3 Å². The second-order valence-corrected chi connectivity index (χ2v) is 12.5. The van der Waals surface area contributed by atoms with Gasteiger partial charge in [0.2, 0.25) is 0 Å². The molecular weight excluding hydrogens is 548 g/mol. The minimum absolute atomic E-state index is 0.172. The normalized spacial score (nSPS) is 42.5. The maximum Gasteiger partial charge on any atom is 0.435 e. The van der Waals surface area contributed by atoms with Gasteiger partial charge in [0.05, 0.1) is 19.3 Å². The number of ether oxygens (including phenoxy) is 4. The van der Waals surface area contributed by atoms with E-state index in [1.165, 1.54) is 20.1 Å². The van der Waals surface area contributed by atoms with Gasteiger partial charge >= 0.3 is 12.1 Å². The van der Waals surface area contributed by atoms with E-state index in [4.69, 9.17) is 23.8 Å². The molecule has 3 aliphatic heterocycles. The Morgan fingerprint density at radius 2 is 1.64 bits per heavy atom. The topological polar surface area (TPSA) is 141 Å². The Morgan fingerprint density at radius 1 is 1.00 bits per heavy atom. The molecule has 0 aliphatic carbocycles. The number of cyclic esters (lactones) is 1. The fourth-order valence-electron chi connectivity index (χ4n) is 6.75. The lowest BCUT2D eigenvalue weighted by Crippen LogP contribution is -2.57. The summed E-state index contributed by atoms with van der Waals surface area (Å²) < 4.78 is 23.4. The van der Waals surface area contributed by atoms with Gasteiger partial charge in [-0.25, -0.2) is 4.79 Å². The van der Waals surface area contributed by atoms with Crippen molar-refractivity contribution in [1.82, 2.24) is 9.96 Å². The van der Waals surface area contributed by atoms with Crippen LogP contribution in [0, 0.1) is 29.6 Å². The van der Waals surface area contributed by atoms with Gasteiger partial charge < -0.3 is 29.0 Å². The SMILES string of the molecule is C=CC12COC(=O)C(C)C(=O)C(C)C(O[C@H]3C(O)O[C@H](C)C[C@@H]3N(C)C)C(C)CC(C)C(=O)C(C)C1N(OC)C(=O)O2. The summed E-state index contributed by atoms with van der Waals surface area (Å²) in [6.07, 6.45) is -1.49. The average Bonchev–Trinajstić information content (AvgIpc) is 3.23. The Bertz CT molecular complexity index is 1040. The van der Waals surface area contributed by atoms with E-state index >= 15 is 0 Å². The van der Waals surface area contributed by atoms with Crippen LogP contribution in [0.4, 0.5) is 4.79 Å². The van der Waals surface area contributed by atoms with Gasteiger partial charge in [-0.3, -0.25) is 19.2 Å². The largest absolute Gasteiger partial charge is 0.460 e. The Labute approximate surface area is 248 Å². The number of amides is 1. The first-order chi connectivity index (χ1) is 19.6. The minimum Gasteiger partial charge on any atom is -0.460 e. The van der Waals surface area contributed by atoms with Gasteiger partial charge in [0.15, 0.2) is 17.7 Å². The second-order valence-electron chi connectivity index (χ2n) is 12.5. The van der Waals surface area contributed by atoms with Gasteiger partial charge in [-0.2, -0.15) is 5.06 Å². The standard InChI is InChI=1S/C30H48N2O10/c1-11-30-14-39-27(35)20(7)23(34)18(5)24(41-25-21(31(8)9)13-17(4)40-28(25)36)16(3)12-15(2)22(33)19(6)26(30)32(38-10)29(37)42-30/h11,15-21,24-26,28,36H,1,12-14H2,2-10H3/t15?,16?,17-,18?,19?,20?,21+,24?,25-,26?,28?,30?/m1/s1. The molecule has 9 unspecified atom stereocenters. The van der Waals surface area contributed by atoms with E-state index in [0.29, 0.717) is 12.8 Å². The van der Waals surface area contributed by atoms with Gasteiger partial charge in [0.1, 0.15) is 30.5 Å². The summed E-state index contributed by atoms with van der Waals surface area (Å²) in [6, 6.07) is -1.16. The first-order valence-electron chi connectivity index (χ1n) is 14.7. The number of rotatable bonds is 5. The molecule has 12 heteroatoms. The maximum atomic E-state index is 13.9. The number of carbonyl (C=O) groups excluding carboxylic acids is 4. The molecule has 0 spiro atoms. The highest BCUT2D eigenvalue weighted by Crippen LogP contribution is 2.39. The molecule has 3 heterocycles. The molecule has 12 nitrogen and oxygen atoms in total. The summed E-state index contributed by atoms with van der Waals surface area (Å²) in [5.74, 6) is -4.99. The molecule has 1 N–H and O–H groups in total. The number of likely N-dealkylation sites (N-methyl/N-ethyl adjacent to an activating group) is 1. The summed E-state index contributed by atoms with van der Waals surface area (Å²) in [7, 11) is 5.07. The van der Waals surface area contributed by atoms with E-state index in [1.807, 2.05) is 32.8 Å². The molecule has 238 valence electrons. The first-order valence-corrected chi connectivity index (χ1v) is 14.7. The van der Waals surface area contributed by atoms with Crippen molar-refractivity contribution in [2.75, 3.05) is 27.8 Å². The lowest BCUT2D eigenvalue weighted by molar-refractivity contribution is -0.261. The van der Waals surface area contributed by atoms with Crippen LogP contribution in [0.2, 0.25) is 0 Å². The molecule has 0 bridgehead atoms. The Kier molecular flexibility index (Phi) is 11.0. The Hall–Kier alpha value is -2.38. The number of hydroxylamine groups is 2. The van der Waals surface area contributed by atoms with Crippen molar-refractivity contribution in [3.63, 3.8) is 0 Å². The van der Waals surface area contributed by atoms with Crippen LogP contribution < -0.4 is 0 Å².